The first-order chi connectivity index (χ1) is 20.5. The highest BCUT2D eigenvalue weighted by molar-refractivity contribution is 5.89. The maximum atomic E-state index is 13.1. The van der Waals surface area contributed by atoms with Crippen LogP contribution >= 0.6 is 0 Å². The first-order valence-corrected chi connectivity index (χ1v) is 12.8. The van der Waals surface area contributed by atoms with E-state index in [1.54, 1.807) is 0 Å². The number of aliphatic hydroxyl groups is 3. The molecule has 1 saturated heterocycles. The van der Waals surface area contributed by atoms with E-state index in [9.17, 15) is 50.4 Å². The Hall–Kier alpha value is -5.08. The van der Waals surface area contributed by atoms with Crippen LogP contribution in [0.3, 0.4) is 0 Å². The molecule has 0 spiro atoms. The second-order valence-electron chi connectivity index (χ2n) is 9.79. The van der Waals surface area contributed by atoms with Gasteiger partial charge in [-0.2, -0.15) is 0 Å². The molecule has 13 nitrogen and oxygen atoms in total. The Morgan fingerprint density at radius 3 is 2.28 bits per heavy atom. The monoisotopic (exact) mass is 594 g/mol. The first-order valence-electron chi connectivity index (χ1n) is 12.8. The molecule has 8 N–H and O–H groups in total. The molecule has 4 aromatic rings. The van der Waals surface area contributed by atoms with E-state index in [1.165, 1.54) is 42.5 Å². The fourth-order valence-corrected chi connectivity index (χ4v) is 4.78. The summed E-state index contributed by atoms with van der Waals surface area (Å²) >= 11 is 0. The fourth-order valence-electron chi connectivity index (χ4n) is 4.78. The third kappa shape index (κ3) is 5.69. The molecule has 1 aromatic heterocycles. The lowest BCUT2D eigenvalue weighted by Gasteiger charge is -2.42. The molecular weight excluding hydrogens is 568 g/mol. The van der Waals surface area contributed by atoms with E-state index in [4.69, 9.17) is 13.9 Å². The number of rotatable bonds is 6. The average Bonchev–Trinajstić information content (AvgIpc) is 2.97. The number of aliphatic hydroxyl groups excluding tert-OH is 3. The van der Waals surface area contributed by atoms with Crippen LogP contribution in [0.15, 0.2) is 69.9 Å². The molecule has 224 valence electrons. The van der Waals surface area contributed by atoms with Gasteiger partial charge in [-0.15, -0.1) is 0 Å². The number of carbonyl (C=O) groups excluding carboxylic acids is 1. The van der Waals surface area contributed by atoms with Gasteiger partial charge in [0.15, 0.2) is 23.0 Å². The van der Waals surface area contributed by atoms with Crippen molar-refractivity contribution in [2.75, 3.05) is 6.61 Å². The number of hydrogen-bond acceptors (Lipinski definition) is 13. The van der Waals surface area contributed by atoms with Crippen LogP contribution in [0.1, 0.15) is 17.2 Å². The Balaban J connectivity index is 1.54. The number of hydrogen-bond donors (Lipinski definition) is 8. The lowest BCUT2D eigenvalue weighted by atomic mass is 9.89. The minimum absolute atomic E-state index is 0.0115. The minimum atomic E-state index is -1.86. The number of esters is 1. The lowest BCUT2D eigenvalue weighted by Crippen LogP contribution is -2.56. The van der Waals surface area contributed by atoms with Crippen LogP contribution in [0.5, 0.6) is 28.7 Å². The summed E-state index contributed by atoms with van der Waals surface area (Å²) in [6.07, 6.45) is -6.11. The third-order valence-electron chi connectivity index (χ3n) is 6.98. The van der Waals surface area contributed by atoms with Gasteiger partial charge in [-0.25, -0.2) is 4.79 Å². The van der Waals surface area contributed by atoms with Gasteiger partial charge < -0.3 is 54.7 Å². The van der Waals surface area contributed by atoms with Crippen LogP contribution in [-0.4, -0.2) is 77.8 Å². The summed E-state index contributed by atoms with van der Waals surface area (Å²) in [7, 11) is 0. The summed E-state index contributed by atoms with van der Waals surface area (Å²) in [5.74, 6) is -3.50. The van der Waals surface area contributed by atoms with Crippen LogP contribution in [0.25, 0.3) is 28.4 Å². The number of aromatic hydroxyl groups is 5. The molecular formula is C30H26O13. The zero-order valence-electron chi connectivity index (χ0n) is 22.1. The lowest BCUT2D eigenvalue weighted by molar-refractivity contribution is -0.240. The largest absolute Gasteiger partial charge is 0.508 e. The number of ether oxygens (including phenoxy) is 2. The van der Waals surface area contributed by atoms with Gasteiger partial charge in [0.1, 0.15) is 58.4 Å². The van der Waals surface area contributed by atoms with Crippen LogP contribution in [-0.2, 0) is 14.3 Å². The molecule has 0 saturated carbocycles. The second kappa shape index (κ2) is 11.7. The highest BCUT2D eigenvalue weighted by Gasteiger charge is 2.49. The van der Waals surface area contributed by atoms with E-state index >= 15 is 0 Å². The molecule has 1 fully saturated rings. The van der Waals surface area contributed by atoms with Crippen molar-refractivity contribution in [1.82, 2.24) is 0 Å². The van der Waals surface area contributed by atoms with Crippen molar-refractivity contribution >= 4 is 23.0 Å². The molecule has 43 heavy (non-hydrogen) atoms. The molecule has 5 rings (SSSR count). The van der Waals surface area contributed by atoms with E-state index in [0.29, 0.717) is 5.56 Å². The Morgan fingerprint density at radius 2 is 1.60 bits per heavy atom. The van der Waals surface area contributed by atoms with Crippen molar-refractivity contribution in [3.05, 3.63) is 82.0 Å². The van der Waals surface area contributed by atoms with Crippen LogP contribution in [0.2, 0.25) is 0 Å². The van der Waals surface area contributed by atoms with Crippen molar-refractivity contribution < 1.29 is 59.5 Å². The summed E-state index contributed by atoms with van der Waals surface area (Å²) in [5.41, 5.74) is -0.842. The van der Waals surface area contributed by atoms with Crippen LogP contribution < -0.4 is 5.43 Å². The van der Waals surface area contributed by atoms with Crippen molar-refractivity contribution in [3.63, 3.8) is 0 Å². The molecule has 1 aliphatic rings. The normalized spacial score (nSPS) is 22.2. The molecule has 2 heterocycles. The fraction of sp³-hybridized carbons (Fsp3) is 0.200. The molecule has 3 aromatic carbocycles. The highest BCUT2D eigenvalue weighted by Crippen LogP contribution is 2.45. The van der Waals surface area contributed by atoms with Gasteiger partial charge in [-0.3, -0.25) is 4.79 Å². The van der Waals surface area contributed by atoms with Gasteiger partial charge in [-0.05, 0) is 42.0 Å². The van der Waals surface area contributed by atoms with Crippen LogP contribution in [0, 0.1) is 0 Å². The predicted molar refractivity (Wildman–Crippen MR) is 148 cm³/mol. The average molecular weight is 595 g/mol. The van der Waals surface area contributed by atoms with Crippen molar-refractivity contribution in [3.8, 4) is 40.1 Å². The molecule has 1 aliphatic heterocycles. The maximum absolute atomic E-state index is 13.1. The SMILES string of the molecule is O=C(/C=C/c1ccc(O)cc1)O[C@@H]1[C@@H](O)[C@H](O)[C@H](CO)O[C@H]1c1c(O)cc2oc(-c3ccc(O)c(O)c3)cc(=O)c2c1O. The molecule has 0 radical (unpaired) electrons. The van der Waals surface area contributed by atoms with Gasteiger partial charge in [0.2, 0.25) is 0 Å². The Morgan fingerprint density at radius 1 is 0.884 bits per heavy atom. The Bertz CT molecular complexity index is 1760. The molecule has 0 aliphatic carbocycles. The van der Waals surface area contributed by atoms with Gasteiger partial charge in [-0.1, -0.05) is 12.1 Å². The van der Waals surface area contributed by atoms with Crippen molar-refractivity contribution in [2.45, 2.75) is 30.5 Å². The molecule has 5 atom stereocenters. The van der Waals surface area contributed by atoms with Crippen molar-refractivity contribution in [2.24, 2.45) is 0 Å². The van der Waals surface area contributed by atoms with Crippen molar-refractivity contribution in [1.29, 1.82) is 0 Å². The molecule has 0 bridgehead atoms. The molecule has 0 unspecified atom stereocenters. The summed E-state index contributed by atoms with van der Waals surface area (Å²) in [5, 5.41) is 81.5. The first kappa shape index (κ1) is 29.4. The van der Waals surface area contributed by atoms with Gasteiger partial charge >= 0.3 is 5.97 Å². The summed E-state index contributed by atoms with van der Waals surface area (Å²) in [6, 6.07) is 11.5. The van der Waals surface area contributed by atoms with E-state index in [1.807, 2.05) is 0 Å². The number of carbonyl (C=O) groups is 1. The van der Waals surface area contributed by atoms with Gasteiger partial charge in [0, 0.05) is 23.8 Å². The van der Waals surface area contributed by atoms with E-state index in [2.05, 4.69) is 0 Å². The Labute approximate surface area is 242 Å². The zero-order chi connectivity index (χ0) is 31.0. The van der Waals surface area contributed by atoms with E-state index in [0.717, 1.165) is 24.3 Å². The zero-order valence-corrected chi connectivity index (χ0v) is 22.1. The number of phenols is 5. The van der Waals surface area contributed by atoms with E-state index < -0.39 is 82.5 Å². The number of benzene rings is 3. The number of phenolic OH excluding ortho intramolecular Hbond substituents is 5. The molecule has 13 heteroatoms. The summed E-state index contributed by atoms with van der Waals surface area (Å²) in [6.45, 7) is -0.795. The summed E-state index contributed by atoms with van der Waals surface area (Å²) in [4.78, 5) is 25.8. The summed E-state index contributed by atoms with van der Waals surface area (Å²) < 4.78 is 16.7. The minimum Gasteiger partial charge on any atom is -0.508 e. The molecule has 0 amide bonds. The van der Waals surface area contributed by atoms with Gasteiger partial charge in [0.25, 0.3) is 0 Å². The maximum Gasteiger partial charge on any atom is 0.331 e. The predicted octanol–water partition coefficient (Wildman–Crippen LogP) is 1.77. The second-order valence-corrected chi connectivity index (χ2v) is 9.79. The standard InChI is InChI=1S/C30H26O13/c31-12-22-26(38)28(40)30(43-23(37)8-3-13-1-5-15(32)6-2-13)29(42-22)25-19(36)11-21-24(27(25)39)18(35)10-20(41-21)14-4-7-16(33)17(34)9-14/h1-11,22,26,28-34,36,38-40H,12H2/b8-3+/t22-,26+,28-,29-,30+/m0/s1. The smallest absolute Gasteiger partial charge is 0.331 e. The quantitative estimate of drug-likeness (QED) is 0.0905. The van der Waals surface area contributed by atoms with Crippen LogP contribution in [0.4, 0.5) is 0 Å². The topological polar surface area (TPSA) is 228 Å². The third-order valence-corrected chi connectivity index (χ3v) is 6.98. The van der Waals surface area contributed by atoms with E-state index in [-0.39, 0.29) is 22.7 Å². The van der Waals surface area contributed by atoms with Gasteiger partial charge in [0.05, 0.1) is 12.2 Å². The number of fused-ring (bicyclic) bond motifs is 1. The Kier molecular flexibility index (Phi) is 7.98. The highest BCUT2D eigenvalue weighted by atomic mass is 16.6.